The number of methoxy groups -OCH3 is 2. The molecular formula is C26H29N3O7S. The average Bonchev–Trinajstić information content (AvgIpc) is 2.91. The SMILES string of the molecule is COc1ccc(/C=C/C(=O)NC(=S)N2CCNC(=O)C2CC(=O)OCCOc2ccccc2)cc1OC. The molecule has 11 heteroatoms. The van der Waals surface area contributed by atoms with E-state index in [-0.39, 0.29) is 30.7 Å². The van der Waals surface area contributed by atoms with E-state index in [1.165, 1.54) is 25.2 Å². The van der Waals surface area contributed by atoms with E-state index in [2.05, 4.69) is 10.6 Å². The van der Waals surface area contributed by atoms with Crippen LogP contribution in [0.3, 0.4) is 0 Å². The number of amides is 2. The minimum Gasteiger partial charge on any atom is -0.493 e. The summed E-state index contributed by atoms with van der Waals surface area (Å²) in [7, 11) is 3.06. The summed E-state index contributed by atoms with van der Waals surface area (Å²) < 4.78 is 21.2. The van der Waals surface area contributed by atoms with Crippen LogP contribution in [0.2, 0.25) is 0 Å². The molecule has 1 unspecified atom stereocenters. The lowest BCUT2D eigenvalue weighted by molar-refractivity contribution is -0.148. The molecule has 2 aromatic rings. The normalized spacial score (nSPS) is 15.0. The molecule has 2 amide bonds. The van der Waals surface area contributed by atoms with Gasteiger partial charge in [0, 0.05) is 19.2 Å². The Kier molecular flexibility index (Phi) is 10.3. The Morgan fingerprint density at radius 2 is 1.86 bits per heavy atom. The van der Waals surface area contributed by atoms with Gasteiger partial charge in [-0.15, -0.1) is 0 Å². The van der Waals surface area contributed by atoms with E-state index in [1.807, 2.05) is 18.2 Å². The third kappa shape index (κ3) is 8.21. The largest absolute Gasteiger partial charge is 0.493 e. The highest BCUT2D eigenvalue weighted by Crippen LogP contribution is 2.27. The molecule has 1 aliphatic heterocycles. The first kappa shape index (κ1) is 27.5. The molecule has 0 spiro atoms. The highest BCUT2D eigenvalue weighted by Gasteiger charge is 2.34. The first-order valence-corrected chi connectivity index (χ1v) is 11.9. The van der Waals surface area contributed by atoms with E-state index >= 15 is 0 Å². The fraction of sp³-hybridized carbons (Fsp3) is 0.308. The number of piperazine rings is 1. The molecule has 0 aliphatic carbocycles. The molecule has 1 aliphatic rings. The number of hydrogen-bond donors (Lipinski definition) is 2. The van der Waals surface area contributed by atoms with E-state index in [1.54, 1.807) is 36.4 Å². The molecule has 2 N–H and O–H groups in total. The third-order valence-electron chi connectivity index (χ3n) is 5.37. The molecule has 0 aromatic heterocycles. The van der Waals surface area contributed by atoms with E-state index in [0.717, 1.165) is 0 Å². The van der Waals surface area contributed by atoms with Crippen molar-refractivity contribution in [2.24, 2.45) is 0 Å². The van der Waals surface area contributed by atoms with Gasteiger partial charge in [-0.2, -0.15) is 0 Å². The summed E-state index contributed by atoms with van der Waals surface area (Å²) in [6.07, 6.45) is 2.68. The van der Waals surface area contributed by atoms with Gasteiger partial charge in [-0.1, -0.05) is 24.3 Å². The Morgan fingerprint density at radius 1 is 1.11 bits per heavy atom. The maximum atomic E-state index is 12.5. The summed E-state index contributed by atoms with van der Waals surface area (Å²) in [5, 5.41) is 5.34. The molecule has 2 aromatic carbocycles. The highest BCUT2D eigenvalue weighted by atomic mass is 32.1. The monoisotopic (exact) mass is 527 g/mol. The number of para-hydroxylation sites is 1. The van der Waals surface area contributed by atoms with Crippen molar-refractivity contribution in [1.82, 2.24) is 15.5 Å². The number of esters is 1. The minimum atomic E-state index is -0.904. The lowest BCUT2D eigenvalue weighted by Gasteiger charge is -2.36. The summed E-state index contributed by atoms with van der Waals surface area (Å²) >= 11 is 5.37. The Balaban J connectivity index is 1.52. The zero-order valence-electron chi connectivity index (χ0n) is 20.6. The maximum Gasteiger partial charge on any atom is 0.308 e. The van der Waals surface area contributed by atoms with Crippen LogP contribution in [0.5, 0.6) is 17.2 Å². The first-order chi connectivity index (χ1) is 17.9. The second-order valence-electron chi connectivity index (χ2n) is 7.83. The van der Waals surface area contributed by atoms with Crippen molar-refractivity contribution in [1.29, 1.82) is 0 Å². The van der Waals surface area contributed by atoms with Crippen molar-refractivity contribution in [3.05, 3.63) is 60.2 Å². The topological polar surface area (TPSA) is 115 Å². The van der Waals surface area contributed by atoms with Crippen LogP contribution in [0.1, 0.15) is 12.0 Å². The quantitative estimate of drug-likeness (QED) is 0.207. The average molecular weight is 528 g/mol. The van der Waals surface area contributed by atoms with Crippen LogP contribution in [0.15, 0.2) is 54.6 Å². The van der Waals surface area contributed by atoms with Crippen LogP contribution in [0.4, 0.5) is 0 Å². The predicted octanol–water partition coefficient (Wildman–Crippen LogP) is 1.93. The number of ether oxygens (including phenoxy) is 4. The van der Waals surface area contributed by atoms with Gasteiger partial charge in [0.25, 0.3) is 0 Å². The van der Waals surface area contributed by atoms with Crippen molar-refractivity contribution < 1.29 is 33.3 Å². The molecule has 0 radical (unpaired) electrons. The second-order valence-corrected chi connectivity index (χ2v) is 8.22. The summed E-state index contributed by atoms with van der Waals surface area (Å²) in [5.41, 5.74) is 0.716. The minimum absolute atomic E-state index is 0.0319. The predicted molar refractivity (Wildman–Crippen MR) is 140 cm³/mol. The zero-order chi connectivity index (χ0) is 26.6. The Hall–Kier alpha value is -4.12. The van der Waals surface area contributed by atoms with Crippen LogP contribution in [0, 0.1) is 0 Å². The smallest absolute Gasteiger partial charge is 0.308 e. The molecular weight excluding hydrogens is 498 g/mol. The Morgan fingerprint density at radius 3 is 2.59 bits per heavy atom. The Bertz CT molecular complexity index is 1140. The maximum absolute atomic E-state index is 12.5. The van der Waals surface area contributed by atoms with Crippen molar-refractivity contribution in [3.63, 3.8) is 0 Å². The molecule has 1 heterocycles. The summed E-state index contributed by atoms with van der Waals surface area (Å²) in [6, 6.07) is 13.5. The van der Waals surface area contributed by atoms with Crippen LogP contribution >= 0.6 is 12.2 Å². The lowest BCUT2D eigenvalue weighted by Crippen LogP contribution is -2.60. The van der Waals surface area contributed by atoms with Crippen LogP contribution in [0.25, 0.3) is 6.08 Å². The van der Waals surface area contributed by atoms with Crippen LogP contribution in [-0.4, -0.2) is 74.4 Å². The first-order valence-electron chi connectivity index (χ1n) is 11.5. The molecule has 37 heavy (non-hydrogen) atoms. The molecule has 3 rings (SSSR count). The number of benzene rings is 2. The zero-order valence-corrected chi connectivity index (χ0v) is 21.4. The molecule has 1 fully saturated rings. The van der Waals surface area contributed by atoms with E-state index < -0.39 is 17.9 Å². The number of nitrogens with zero attached hydrogens (tertiary/aromatic N) is 1. The number of carbonyl (C=O) groups is 3. The number of rotatable bonds is 10. The van der Waals surface area contributed by atoms with Gasteiger partial charge in [0.1, 0.15) is 25.0 Å². The van der Waals surface area contributed by atoms with E-state index in [9.17, 15) is 14.4 Å². The molecule has 10 nitrogen and oxygen atoms in total. The molecule has 0 saturated carbocycles. The highest BCUT2D eigenvalue weighted by molar-refractivity contribution is 7.80. The standard InChI is InChI=1S/C26H29N3O7S/c1-33-21-10-8-18(16-22(21)34-2)9-11-23(30)28-26(37)29-13-12-27-25(32)20(29)17-24(31)36-15-14-35-19-6-4-3-5-7-19/h3-11,16,20H,12-15,17H2,1-2H3,(H,27,32)(H,28,30,37)/b11-9+. The summed E-state index contributed by atoms with van der Waals surface area (Å²) in [6.45, 7) is 0.869. The van der Waals surface area contributed by atoms with E-state index in [0.29, 0.717) is 35.9 Å². The van der Waals surface area contributed by atoms with Gasteiger partial charge in [0.05, 0.1) is 20.6 Å². The number of thiocarbonyl (C=S) groups is 1. The van der Waals surface area contributed by atoms with E-state index in [4.69, 9.17) is 31.2 Å². The third-order valence-corrected chi connectivity index (χ3v) is 5.71. The Labute approximate surface area is 220 Å². The van der Waals surface area contributed by atoms with Gasteiger partial charge in [0.2, 0.25) is 11.8 Å². The molecule has 0 bridgehead atoms. The number of carbonyl (C=O) groups excluding carboxylic acids is 3. The van der Waals surface area contributed by atoms with Crippen molar-refractivity contribution in [2.45, 2.75) is 12.5 Å². The lowest BCUT2D eigenvalue weighted by atomic mass is 10.1. The summed E-state index contributed by atoms with van der Waals surface area (Å²) in [5.74, 6) is 0.332. The van der Waals surface area contributed by atoms with Gasteiger partial charge >= 0.3 is 5.97 Å². The molecule has 1 saturated heterocycles. The molecule has 1 atom stereocenters. The number of hydrogen-bond acceptors (Lipinski definition) is 8. The van der Waals surface area contributed by atoms with Crippen molar-refractivity contribution >= 4 is 41.2 Å². The van der Waals surface area contributed by atoms with Gasteiger partial charge < -0.3 is 29.2 Å². The van der Waals surface area contributed by atoms with Crippen LogP contribution < -0.4 is 24.8 Å². The summed E-state index contributed by atoms with van der Waals surface area (Å²) in [4.78, 5) is 38.8. The van der Waals surface area contributed by atoms with Gasteiger partial charge in [-0.05, 0) is 48.1 Å². The fourth-order valence-electron chi connectivity index (χ4n) is 3.56. The van der Waals surface area contributed by atoms with Gasteiger partial charge in [0.15, 0.2) is 16.6 Å². The second kappa shape index (κ2) is 13.8. The molecule has 196 valence electrons. The fourth-order valence-corrected chi connectivity index (χ4v) is 3.88. The number of nitrogens with one attached hydrogen (secondary N) is 2. The van der Waals surface area contributed by atoms with Gasteiger partial charge in [-0.25, -0.2) is 0 Å². The van der Waals surface area contributed by atoms with Gasteiger partial charge in [-0.3, -0.25) is 19.7 Å². The van der Waals surface area contributed by atoms with Crippen LogP contribution in [-0.2, 0) is 19.1 Å². The van der Waals surface area contributed by atoms with Crippen molar-refractivity contribution in [3.8, 4) is 17.2 Å². The van der Waals surface area contributed by atoms with Crippen molar-refractivity contribution in [2.75, 3.05) is 40.5 Å².